The number of nitrogens with zero attached hydrogens (tertiary/aromatic N) is 3. The molecule has 0 unspecified atom stereocenters. The lowest BCUT2D eigenvalue weighted by Crippen LogP contribution is -2.03. The zero-order valence-electron chi connectivity index (χ0n) is 10.8. The number of aromatic nitrogens is 3. The van der Waals surface area contributed by atoms with E-state index < -0.39 is 0 Å². The summed E-state index contributed by atoms with van der Waals surface area (Å²) in [5.41, 5.74) is 3.87. The fourth-order valence-electron chi connectivity index (χ4n) is 2.11. The first-order valence-electron chi connectivity index (χ1n) is 6.08. The van der Waals surface area contributed by atoms with Gasteiger partial charge in [0.25, 0.3) is 0 Å². The van der Waals surface area contributed by atoms with E-state index in [0.29, 0.717) is 11.3 Å². The second-order valence-electron chi connectivity index (χ2n) is 4.51. The van der Waals surface area contributed by atoms with Crippen molar-refractivity contribution in [1.82, 2.24) is 14.6 Å². The number of benzene rings is 1. The monoisotopic (exact) mass is 251 g/mol. The second-order valence-corrected chi connectivity index (χ2v) is 4.51. The Morgan fingerprint density at radius 2 is 1.95 bits per heavy atom. The molecule has 4 nitrogen and oxygen atoms in total. The predicted octanol–water partition coefficient (Wildman–Crippen LogP) is 2.91. The van der Waals surface area contributed by atoms with Gasteiger partial charge in [0.1, 0.15) is 0 Å². The van der Waals surface area contributed by atoms with E-state index >= 15 is 0 Å². The molecule has 94 valence electrons. The van der Waals surface area contributed by atoms with Gasteiger partial charge in [-0.1, -0.05) is 30.3 Å². The summed E-state index contributed by atoms with van der Waals surface area (Å²) >= 11 is 0. The molecule has 2 aromatic heterocycles. The molecule has 0 aliphatic heterocycles. The number of hydrogen-bond acceptors (Lipinski definition) is 3. The SMILES string of the molecule is CC(=O)c1cn2nc(C)cc2nc1-c1ccccc1. The largest absolute Gasteiger partial charge is 0.294 e. The Bertz CT molecular complexity index is 760. The summed E-state index contributed by atoms with van der Waals surface area (Å²) in [5.74, 6) is -0.0126. The summed E-state index contributed by atoms with van der Waals surface area (Å²) in [7, 11) is 0. The normalized spacial score (nSPS) is 10.8. The van der Waals surface area contributed by atoms with Crippen LogP contribution in [-0.4, -0.2) is 20.4 Å². The minimum absolute atomic E-state index is 0.0126. The van der Waals surface area contributed by atoms with E-state index in [4.69, 9.17) is 0 Å². The summed E-state index contributed by atoms with van der Waals surface area (Å²) in [6.07, 6.45) is 1.75. The van der Waals surface area contributed by atoms with E-state index in [1.54, 1.807) is 17.6 Å². The maximum atomic E-state index is 11.8. The number of hydrogen-bond donors (Lipinski definition) is 0. The Hall–Kier alpha value is -2.49. The van der Waals surface area contributed by atoms with Crippen LogP contribution < -0.4 is 0 Å². The van der Waals surface area contributed by atoms with Gasteiger partial charge in [-0.15, -0.1) is 0 Å². The lowest BCUT2D eigenvalue weighted by Gasteiger charge is -2.07. The number of Topliss-reactive ketones (excluding diaryl/α,β-unsaturated/α-hetero) is 1. The Morgan fingerprint density at radius 1 is 1.21 bits per heavy atom. The van der Waals surface area contributed by atoms with E-state index in [1.165, 1.54) is 0 Å². The molecular weight excluding hydrogens is 238 g/mol. The van der Waals surface area contributed by atoms with Crippen molar-refractivity contribution in [3.8, 4) is 11.3 Å². The average molecular weight is 251 g/mol. The topological polar surface area (TPSA) is 47.3 Å². The van der Waals surface area contributed by atoms with Gasteiger partial charge in [-0.3, -0.25) is 4.79 Å². The van der Waals surface area contributed by atoms with Crippen LogP contribution in [0.15, 0.2) is 42.6 Å². The molecule has 0 aliphatic rings. The summed E-state index contributed by atoms with van der Waals surface area (Å²) in [6.45, 7) is 3.45. The quantitative estimate of drug-likeness (QED) is 0.658. The molecule has 0 radical (unpaired) electrons. The van der Waals surface area contributed by atoms with Crippen LogP contribution in [0.5, 0.6) is 0 Å². The van der Waals surface area contributed by atoms with Gasteiger partial charge in [-0.05, 0) is 13.8 Å². The number of aryl methyl sites for hydroxylation is 1. The summed E-state index contributed by atoms with van der Waals surface area (Å²) in [4.78, 5) is 16.4. The van der Waals surface area contributed by atoms with Crippen molar-refractivity contribution < 1.29 is 4.79 Å². The fourth-order valence-corrected chi connectivity index (χ4v) is 2.11. The minimum atomic E-state index is -0.0126. The highest BCUT2D eigenvalue weighted by molar-refractivity contribution is 5.99. The average Bonchev–Trinajstić information content (AvgIpc) is 2.77. The standard InChI is InChI=1S/C15H13N3O/c1-10-8-14-16-15(12-6-4-3-5-7-12)13(11(2)19)9-18(14)17-10/h3-9H,1-2H3. The molecule has 0 spiro atoms. The molecule has 0 amide bonds. The number of rotatable bonds is 2. The number of ketones is 1. The van der Waals surface area contributed by atoms with Gasteiger partial charge >= 0.3 is 0 Å². The van der Waals surface area contributed by atoms with Gasteiger partial charge in [0, 0.05) is 17.8 Å². The number of fused-ring (bicyclic) bond motifs is 1. The Kier molecular flexibility index (Phi) is 2.63. The van der Waals surface area contributed by atoms with Gasteiger partial charge in [0.05, 0.1) is 17.0 Å². The molecule has 4 heteroatoms. The van der Waals surface area contributed by atoms with E-state index in [9.17, 15) is 4.79 Å². The third-order valence-electron chi connectivity index (χ3n) is 3.00. The van der Waals surface area contributed by atoms with Crippen LogP contribution in [0.4, 0.5) is 0 Å². The van der Waals surface area contributed by atoms with Crippen molar-refractivity contribution in [2.24, 2.45) is 0 Å². The van der Waals surface area contributed by atoms with Crippen molar-refractivity contribution in [2.45, 2.75) is 13.8 Å². The number of carbonyl (C=O) groups excluding carboxylic acids is 1. The molecule has 0 atom stereocenters. The molecule has 0 saturated carbocycles. The van der Waals surface area contributed by atoms with Gasteiger partial charge in [-0.25, -0.2) is 9.50 Å². The van der Waals surface area contributed by atoms with Crippen LogP contribution in [0, 0.1) is 6.92 Å². The molecule has 0 bridgehead atoms. The Balaban J connectivity index is 2.32. The zero-order chi connectivity index (χ0) is 13.4. The van der Waals surface area contributed by atoms with E-state index in [1.807, 2.05) is 43.3 Å². The van der Waals surface area contributed by atoms with Crippen LogP contribution in [0.1, 0.15) is 23.0 Å². The van der Waals surface area contributed by atoms with Crippen LogP contribution in [0.3, 0.4) is 0 Å². The molecule has 0 fully saturated rings. The Morgan fingerprint density at radius 3 is 2.63 bits per heavy atom. The molecule has 1 aromatic carbocycles. The molecule has 3 rings (SSSR count). The third kappa shape index (κ3) is 2.01. The maximum absolute atomic E-state index is 11.8. The van der Waals surface area contributed by atoms with Crippen LogP contribution in [0.2, 0.25) is 0 Å². The number of carbonyl (C=O) groups is 1. The highest BCUT2D eigenvalue weighted by atomic mass is 16.1. The molecular formula is C15H13N3O. The van der Waals surface area contributed by atoms with Crippen molar-refractivity contribution in [3.05, 3.63) is 53.9 Å². The first kappa shape index (κ1) is 11.6. The smallest absolute Gasteiger partial charge is 0.163 e. The molecule has 0 N–H and O–H groups in total. The van der Waals surface area contributed by atoms with Crippen LogP contribution >= 0.6 is 0 Å². The van der Waals surface area contributed by atoms with Crippen molar-refractivity contribution >= 4 is 11.4 Å². The highest BCUT2D eigenvalue weighted by Crippen LogP contribution is 2.22. The van der Waals surface area contributed by atoms with Gasteiger partial charge in [0.2, 0.25) is 0 Å². The Labute approximate surface area is 110 Å². The molecule has 0 aliphatic carbocycles. The fraction of sp³-hybridized carbons (Fsp3) is 0.133. The van der Waals surface area contributed by atoms with Crippen molar-refractivity contribution in [1.29, 1.82) is 0 Å². The molecule has 0 saturated heterocycles. The minimum Gasteiger partial charge on any atom is -0.294 e. The molecule has 2 heterocycles. The van der Waals surface area contributed by atoms with E-state index in [0.717, 1.165) is 16.9 Å². The van der Waals surface area contributed by atoms with Gasteiger partial charge < -0.3 is 0 Å². The van der Waals surface area contributed by atoms with Crippen molar-refractivity contribution in [3.63, 3.8) is 0 Å². The predicted molar refractivity (Wildman–Crippen MR) is 73.2 cm³/mol. The van der Waals surface area contributed by atoms with Gasteiger partial charge in [-0.2, -0.15) is 5.10 Å². The maximum Gasteiger partial charge on any atom is 0.163 e. The van der Waals surface area contributed by atoms with Crippen LogP contribution in [-0.2, 0) is 0 Å². The van der Waals surface area contributed by atoms with Crippen LogP contribution in [0.25, 0.3) is 16.9 Å². The lowest BCUT2D eigenvalue weighted by molar-refractivity contribution is 0.101. The lowest BCUT2D eigenvalue weighted by atomic mass is 10.1. The first-order valence-corrected chi connectivity index (χ1v) is 6.08. The van der Waals surface area contributed by atoms with E-state index in [2.05, 4.69) is 10.1 Å². The molecule has 19 heavy (non-hydrogen) atoms. The summed E-state index contributed by atoms with van der Waals surface area (Å²) < 4.78 is 1.65. The van der Waals surface area contributed by atoms with E-state index in [-0.39, 0.29) is 5.78 Å². The highest BCUT2D eigenvalue weighted by Gasteiger charge is 2.13. The summed E-state index contributed by atoms with van der Waals surface area (Å²) in [6, 6.07) is 11.6. The third-order valence-corrected chi connectivity index (χ3v) is 3.00. The van der Waals surface area contributed by atoms with Gasteiger partial charge in [0.15, 0.2) is 11.4 Å². The summed E-state index contributed by atoms with van der Waals surface area (Å²) in [5, 5.41) is 4.29. The molecule has 3 aromatic rings. The zero-order valence-corrected chi connectivity index (χ0v) is 10.8. The first-order chi connectivity index (χ1) is 9.15. The van der Waals surface area contributed by atoms with Crippen molar-refractivity contribution in [2.75, 3.05) is 0 Å². The second kappa shape index (κ2) is 4.31.